The number of methoxy groups -OCH3 is 1. The van der Waals surface area contributed by atoms with E-state index in [1.165, 1.54) is 0 Å². The van der Waals surface area contributed by atoms with Gasteiger partial charge >= 0.3 is 5.97 Å². The lowest BCUT2D eigenvalue weighted by molar-refractivity contribution is -0.153. The monoisotopic (exact) mass is 759 g/mol. The third kappa shape index (κ3) is 9.88. The molecule has 0 bridgehead atoms. The van der Waals surface area contributed by atoms with E-state index in [1.807, 2.05) is 20.8 Å². The smallest absolute Gasteiger partial charge is 0.328 e. The largest absolute Gasteiger partial charge is 0.495 e. The topological polar surface area (TPSA) is 155 Å². The number of carbonyl (C=O) groups is 4. The van der Waals surface area contributed by atoms with Gasteiger partial charge < -0.3 is 35.2 Å². The van der Waals surface area contributed by atoms with Crippen LogP contribution in [-0.4, -0.2) is 78.1 Å². The minimum atomic E-state index is -0.601. The van der Waals surface area contributed by atoms with Gasteiger partial charge in [0.1, 0.15) is 29.6 Å². The zero-order chi connectivity index (χ0) is 39.1. The lowest BCUT2D eigenvalue weighted by Gasteiger charge is -2.43. The summed E-state index contributed by atoms with van der Waals surface area (Å²) in [5, 5.41) is 9.46. The maximum Gasteiger partial charge on any atom is 0.328 e. The molecule has 3 N–H and O–H groups in total. The zero-order valence-corrected chi connectivity index (χ0v) is 33.4. The Morgan fingerprint density at radius 3 is 2.36 bits per heavy atom. The van der Waals surface area contributed by atoms with Crippen LogP contribution in [0.5, 0.6) is 5.75 Å². The number of esters is 1. The summed E-state index contributed by atoms with van der Waals surface area (Å²) in [4.78, 5) is 65.8. The number of likely N-dealkylation sites (N-methyl/N-ethyl adjacent to an activating group) is 1. The summed E-state index contributed by atoms with van der Waals surface area (Å²) in [6.45, 7) is 6.14. The van der Waals surface area contributed by atoms with Crippen molar-refractivity contribution in [1.29, 1.82) is 0 Å². The minimum absolute atomic E-state index is 0.0200. The van der Waals surface area contributed by atoms with Crippen LogP contribution in [0.4, 0.5) is 23.1 Å². The van der Waals surface area contributed by atoms with Gasteiger partial charge in [-0.1, -0.05) is 33.6 Å². The molecule has 3 saturated carbocycles. The van der Waals surface area contributed by atoms with Gasteiger partial charge in [-0.25, -0.2) is 9.78 Å². The Kier molecular flexibility index (Phi) is 13.5. The van der Waals surface area contributed by atoms with Gasteiger partial charge in [0.05, 0.1) is 19.0 Å². The fraction of sp³-hybridized carbons (Fsp3) is 0.667. The first kappa shape index (κ1) is 40.2. The Balaban J connectivity index is 1.00. The molecule has 3 aliphatic carbocycles. The van der Waals surface area contributed by atoms with Gasteiger partial charge in [0.2, 0.25) is 17.8 Å². The summed E-state index contributed by atoms with van der Waals surface area (Å²) in [5.74, 6) is 1.79. The highest BCUT2D eigenvalue weighted by molar-refractivity contribution is 6.04. The summed E-state index contributed by atoms with van der Waals surface area (Å²) in [5.41, 5.74) is 1.83. The number of fused-ring (bicyclic) bond motifs is 1. The van der Waals surface area contributed by atoms with E-state index >= 15 is 0 Å². The molecule has 4 aliphatic rings. The van der Waals surface area contributed by atoms with Crippen molar-refractivity contribution in [3.63, 3.8) is 0 Å². The fourth-order valence-corrected chi connectivity index (χ4v) is 8.90. The van der Waals surface area contributed by atoms with Crippen LogP contribution in [0.25, 0.3) is 0 Å². The molecular formula is C42H61N7O6. The number of nitrogens with zero attached hydrogens (tertiary/aromatic N) is 4. The Morgan fingerprint density at radius 2 is 1.69 bits per heavy atom. The van der Waals surface area contributed by atoms with Crippen molar-refractivity contribution in [1.82, 2.24) is 20.6 Å². The number of rotatable bonds is 15. The predicted octanol–water partition coefficient (Wildman–Crippen LogP) is 6.82. The Morgan fingerprint density at radius 1 is 0.982 bits per heavy atom. The van der Waals surface area contributed by atoms with Crippen molar-refractivity contribution >= 4 is 46.8 Å². The van der Waals surface area contributed by atoms with Crippen molar-refractivity contribution in [2.24, 2.45) is 11.8 Å². The second-order valence-electron chi connectivity index (χ2n) is 16.4. The number of benzene rings is 1. The van der Waals surface area contributed by atoms with Crippen LogP contribution in [0.1, 0.15) is 134 Å². The summed E-state index contributed by atoms with van der Waals surface area (Å²) in [6, 6.07) is 4.75. The number of carbonyl (C=O) groups excluding carboxylic acids is 4. The van der Waals surface area contributed by atoms with E-state index in [4.69, 9.17) is 14.5 Å². The normalized spacial score (nSPS) is 22.4. The minimum Gasteiger partial charge on any atom is -0.495 e. The zero-order valence-electron chi connectivity index (χ0n) is 33.4. The molecule has 300 valence electrons. The molecule has 1 aromatic carbocycles. The van der Waals surface area contributed by atoms with Crippen LogP contribution in [0, 0.1) is 11.8 Å². The number of aromatic nitrogens is 2. The molecule has 2 atom stereocenters. The number of anilines is 4. The molecule has 13 nitrogen and oxygen atoms in total. The molecule has 2 aromatic rings. The maximum atomic E-state index is 13.4. The number of amides is 3. The van der Waals surface area contributed by atoms with Crippen molar-refractivity contribution < 1.29 is 28.7 Å². The summed E-state index contributed by atoms with van der Waals surface area (Å²) in [7, 11) is 3.35. The predicted molar refractivity (Wildman–Crippen MR) is 213 cm³/mol. The molecule has 6 rings (SSSR count). The van der Waals surface area contributed by atoms with Crippen LogP contribution in [-0.2, 0) is 19.1 Å². The lowest BCUT2D eigenvalue weighted by Crippen LogP contribution is -2.55. The van der Waals surface area contributed by atoms with Crippen molar-refractivity contribution in [2.45, 2.75) is 154 Å². The molecular weight excluding hydrogens is 699 g/mol. The third-order valence-electron chi connectivity index (χ3n) is 12.0. The Labute approximate surface area is 326 Å². The van der Waals surface area contributed by atoms with E-state index in [2.05, 4.69) is 25.8 Å². The quantitative estimate of drug-likeness (QED) is 0.165. The first-order valence-electron chi connectivity index (χ1n) is 20.7. The van der Waals surface area contributed by atoms with Gasteiger partial charge in [0.25, 0.3) is 5.91 Å². The molecule has 3 fully saturated rings. The van der Waals surface area contributed by atoms with Gasteiger partial charge in [-0.2, -0.15) is 4.98 Å². The molecule has 0 unspecified atom stereocenters. The highest BCUT2D eigenvalue weighted by atomic mass is 16.5. The summed E-state index contributed by atoms with van der Waals surface area (Å²) in [6.07, 6.45) is 15.9. The molecule has 0 radical (unpaired) electrons. The molecule has 2 heterocycles. The number of ether oxygens (including phenoxy) is 2. The molecule has 13 heteroatoms. The first-order valence-corrected chi connectivity index (χ1v) is 20.7. The number of hydrogen-bond acceptors (Lipinski definition) is 10. The molecule has 0 saturated heterocycles. The average Bonchev–Trinajstić information content (AvgIpc) is 3.91. The molecule has 3 amide bonds. The van der Waals surface area contributed by atoms with Gasteiger partial charge in [-0.05, 0) is 114 Å². The summed E-state index contributed by atoms with van der Waals surface area (Å²) >= 11 is 0. The van der Waals surface area contributed by atoms with Crippen LogP contribution in [0.15, 0.2) is 24.4 Å². The molecule has 55 heavy (non-hydrogen) atoms. The van der Waals surface area contributed by atoms with Gasteiger partial charge in [0, 0.05) is 31.1 Å². The van der Waals surface area contributed by atoms with Crippen molar-refractivity contribution in [3.8, 4) is 5.75 Å². The van der Waals surface area contributed by atoms with Gasteiger partial charge in [0.15, 0.2) is 5.82 Å². The van der Waals surface area contributed by atoms with Gasteiger partial charge in [-0.15, -0.1) is 0 Å². The van der Waals surface area contributed by atoms with E-state index < -0.39 is 6.04 Å². The van der Waals surface area contributed by atoms with E-state index in [1.54, 1.807) is 43.5 Å². The second kappa shape index (κ2) is 18.5. The van der Waals surface area contributed by atoms with Gasteiger partial charge in [-0.3, -0.25) is 14.4 Å². The summed E-state index contributed by atoms with van der Waals surface area (Å²) < 4.78 is 11.4. The number of nitrogens with one attached hydrogen (secondary N) is 3. The highest BCUT2D eigenvalue weighted by Gasteiger charge is 2.41. The molecule has 1 aliphatic heterocycles. The van der Waals surface area contributed by atoms with Crippen LogP contribution in [0.3, 0.4) is 0 Å². The number of hydrogen-bond donors (Lipinski definition) is 3. The molecule has 1 aromatic heterocycles. The van der Waals surface area contributed by atoms with Crippen molar-refractivity contribution in [3.05, 3.63) is 30.0 Å². The maximum absolute atomic E-state index is 13.4. The van der Waals surface area contributed by atoms with Crippen LogP contribution < -0.4 is 30.5 Å². The van der Waals surface area contributed by atoms with E-state index in [9.17, 15) is 19.2 Å². The molecule has 0 spiro atoms. The fourth-order valence-electron chi connectivity index (χ4n) is 8.90. The lowest BCUT2D eigenvalue weighted by atomic mass is 9.83. The van der Waals surface area contributed by atoms with E-state index in [-0.39, 0.29) is 53.8 Å². The van der Waals surface area contributed by atoms with Crippen LogP contribution >= 0.6 is 0 Å². The van der Waals surface area contributed by atoms with E-state index in [0.717, 1.165) is 89.3 Å². The van der Waals surface area contributed by atoms with Crippen LogP contribution in [0.2, 0.25) is 0 Å². The first-order chi connectivity index (χ1) is 26.5. The Bertz CT molecular complexity index is 1670. The second-order valence-corrected chi connectivity index (χ2v) is 16.4. The average molecular weight is 760 g/mol. The Hall–Kier alpha value is -4.42. The van der Waals surface area contributed by atoms with E-state index in [0.29, 0.717) is 53.8 Å². The standard InChI is InChI=1S/C42H61N7O6/c1-6-34-40(52)48(4)35-25-43-42(47-38(35)49(34)30-11-7-8-12-30)46-32-21-18-28(24-36(32)54-5)39(51)44-29-19-15-27(16-20-29)17-22-37(50)45-33(23-26(2)3)41(53)55-31-13-9-10-14-31/h18,21,24-27,29-31,33-34H,6-17,19-20,22-23H2,1-5H3,(H,44,51)(H,45,50)(H,43,46,47)/t27?,29?,33-,34+/m1/s1. The third-order valence-corrected chi connectivity index (χ3v) is 12.0. The highest BCUT2D eigenvalue weighted by Crippen LogP contribution is 2.40. The van der Waals surface area contributed by atoms with Crippen molar-refractivity contribution in [2.75, 3.05) is 29.3 Å². The SMILES string of the molecule is CC[C@H]1C(=O)N(C)c2cnc(Nc3ccc(C(=O)NC4CCC(CCC(=O)N[C@H](CC(C)C)C(=O)OC5CCCC5)CC4)cc3OC)nc2N1C1CCCC1.